The summed E-state index contributed by atoms with van der Waals surface area (Å²) < 4.78 is 6.91. The third kappa shape index (κ3) is 3.26. The minimum atomic E-state index is -0.492. The van der Waals surface area contributed by atoms with Gasteiger partial charge in [-0.05, 0) is 31.0 Å². The topological polar surface area (TPSA) is 78.7 Å². The molecule has 4 rings (SSSR count). The van der Waals surface area contributed by atoms with Crippen LogP contribution >= 0.6 is 11.6 Å². The van der Waals surface area contributed by atoms with Crippen LogP contribution in [-0.4, -0.2) is 24.8 Å². The first kappa shape index (κ1) is 17.5. The van der Waals surface area contributed by atoms with Crippen molar-refractivity contribution < 1.29 is 4.42 Å². The summed E-state index contributed by atoms with van der Waals surface area (Å²) in [4.78, 5) is 14.0. The number of aryl methyl sites for hydroxylation is 2. The maximum absolute atomic E-state index is 12.4. The lowest BCUT2D eigenvalue weighted by atomic mass is 10.2. The van der Waals surface area contributed by atoms with Gasteiger partial charge in [-0.2, -0.15) is 20.1 Å². The van der Waals surface area contributed by atoms with Crippen LogP contribution in [-0.2, 0) is 12.8 Å². The van der Waals surface area contributed by atoms with Crippen molar-refractivity contribution >= 4 is 22.6 Å². The molecule has 8 heteroatoms. The summed E-state index contributed by atoms with van der Waals surface area (Å²) in [5.41, 5.74) is 3.02. The second-order valence-corrected chi connectivity index (χ2v) is 6.67. The van der Waals surface area contributed by atoms with E-state index in [0.29, 0.717) is 16.3 Å². The molecule has 0 N–H and O–H groups in total. The monoisotopic (exact) mass is 383 g/mol. The van der Waals surface area contributed by atoms with E-state index in [1.54, 1.807) is 23.1 Å². The molecule has 0 bridgehead atoms. The Hall–Kier alpha value is -2.93. The van der Waals surface area contributed by atoms with Crippen LogP contribution in [0, 0.1) is 0 Å². The van der Waals surface area contributed by atoms with E-state index in [-0.39, 0.29) is 0 Å². The number of fused-ring (bicyclic) bond motifs is 1. The molecule has 138 valence electrons. The van der Waals surface area contributed by atoms with Gasteiger partial charge in [-0.3, -0.25) is 0 Å². The van der Waals surface area contributed by atoms with Gasteiger partial charge in [0.1, 0.15) is 5.58 Å². The summed E-state index contributed by atoms with van der Waals surface area (Å²) in [6, 6.07) is 7.27. The van der Waals surface area contributed by atoms with Gasteiger partial charge in [0.05, 0.1) is 28.3 Å². The highest BCUT2D eigenvalue weighted by Crippen LogP contribution is 2.20. The van der Waals surface area contributed by atoms with Crippen LogP contribution in [0.2, 0.25) is 5.02 Å². The molecule has 0 saturated heterocycles. The molecule has 27 heavy (non-hydrogen) atoms. The Morgan fingerprint density at radius 2 is 1.96 bits per heavy atom. The summed E-state index contributed by atoms with van der Waals surface area (Å²) in [6.45, 7) is 4.18. The van der Waals surface area contributed by atoms with Gasteiger partial charge in [0.2, 0.25) is 0 Å². The van der Waals surface area contributed by atoms with Crippen molar-refractivity contribution in [1.29, 1.82) is 0 Å². The molecule has 1 aromatic carbocycles. The molecule has 0 aliphatic heterocycles. The first-order valence-electron chi connectivity index (χ1n) is 8.83. The normalized spacial score (nSPS) is 11.4. The fourth-order valence-corrected chi connectivity index (χ4v) is 3.13. The van der Waals surface area contributed by atoms with Gasteiger partial charge in [0.25, 0.3) is 0 Å². The van der Waals surface area contributed by atoms with E-state index in [4.69, 9.17) is 16.0 Å². The molecule has 3 heterocycles. The van der Waals surface area contributed by atoms with Crippen LogP contribution in [0.5, 0.6) is 0 Å². The molecule has 3 aromatic heterocycles. The van der Waals surface area contributed by atoms with E-state index in [1.165, 1.54) is 10.9 Å². The lowest BCUT2D eigenvalue weighted by Gasteiger charge is -2.04. The van der Waals surface area contributed by atoms with Gasteiger partial charge >= 0.3 is 5.63 Å². The second-order valence-electron chi connectivity index (χ2n) is 6.23. The van der Waals surface area contributed by atoms with Crippen molar-refractivity contribution in [2.24, 2.45) is 0 Å². The highest BCUT2D eigenvalue weighted by atomic mass is 35.5. The van der Waals surface area contributed by atoms with Gasteiger partial charge in [-0.1, -0.05) is 31.9 Å². The molecule has 0 atom stereocenters. The molecule has 4 aromatic rings. The molecule has 0 spiro atoms. The fraction of sp³-hybridized carbons (Fsp3) is 0.263. The molecule has 0 aliphatic rings. The summed E-state index contributed by atoms with van der Waals surface area (Å²) in [5, 5.41) is 14.4. The van der Waals surface area contributed by atoms with Crippen molar-refractivity contribution in [3.05, 3.63) is 63.5 Å². The van der Waals surface area contributed by atoms with Crippen molar-refractivity contribution in [3.63, 3.8) is 0 Å². The first-order chi connectivity index (χ1) is 13.1. The molecule has 0 amide bonds. The third-order valence-electron chi connectivity index (χ3n) is 4.32. The van der Waals surface area contributed by atoms with Crippen LogP contribution in [0.25, 0.3) is 22.3 Å². The zero-order valence-corrected chi connectivity index (χ0v) is 15.8. The zero-order valence-electron chi connectivity index (χ0n) is 15.0. The maximum Gasteiger partial charge on any atom is 0.362 e. The standard InChI is InChI=1S/C19H18ClN5O2/c1-3-5-16-15(4-2)22-25(23-16)14-7-6-12-8-17(19(26)27-18(12)9-14)24-11-13(20)10-21-24/h6-11H,3-5H2,1-2H3. The number of hydrogen-bond donors (Lipinski definition) is 0. The number of hydrogen-bond acceptors (Lipinski definition) is 5. The lowest BCUT2D eigenvalue weighted by molar-refractivity contribution is 0.551. The molecule has 0 saturated carbocycles. The van der Waals surface area contributed by atoms with E-state index in [2.05, 4.69) is 29.1 Å². The van der Waals surface area contributed by atoms with E-state index in [9.17, 15) is 4.79 Å². The molecule has 0 fully saturated rings. The molecular formula is C19H18ClN5O2. The summed E-state index contributed by atoms with van der Waals surface area (Å²) in [6.07, 6.45) is 5.76. The van der Waals surface area contributed by atoms with Crippen molar-refractivity contribution in [2.45, 2.75) is 33.1 Å². The molecule has 0 radical (unpaired) electrons. The second kappa shape index (κ2) is 7.00. The minimum Gasteiger partial charge on any atom is -0.421 e. The van der Waals surface area contributed by atoms with Crippen molar-refractivity contribution in [2.75, 3.05) is 0 Å². The Morgan fingerprint density at radius 3 is 2.67 bits per heavy atom. The average molecular weight is 384 g/mol. The van der Waals surface area contributed by atoms with Gasteiger partial charge in [-0.15, -0.1) is 0 Å². The Balaban J connectivity index is 1.78. The van der Waals surface area contributed by atoms with Crippen molar-refractivity contribution in [3.8, 4) is 11.4 Å². The molecule has 7 nitrogen and oxygen atoms in total. The van der Waals surface area contributed by atoms with Crippen LogP contribution < -0.4 is 5.63 Å². The fourth-order valence-electron chi connectivity index (χ4n) is 2.99. The number of nitrogens with zero attached hydrogens (tertiary/aromatic N) is 5. The summed E-state index contributed by atoms with van der Waals surface area (Å²) >= 11 is 5.89. The lowest BCUT2D eigenvalue weighted by Crippen LogP contribution is -2.10. The van der Waals surface area contributed by atoms with Crippen molar-refractivity contribution in [1.82, 2.24) is 24.8 Å². The molecule has 0 unspecified atom stereocenters. The number of rotatable bonds is 5. The van der Waals surface area contributed by atoms with Gasteiger partial charge in [-0.25, -0.2) is 9.48 Å². The minimum absolute atomic E-state index is 0.304. The van der Waals surface area contributed by atoms with Crippen LogP contribution in [0.15, 0.2) is 45.9 Å². The van der Waals surface area contributed by atoms with Crippen LogP contribution in [0.3, 0.4) is 0 Å². The van der Waals surface area contributed by atoms with Crippen LogP contribution in [0.4, 0.5) is 0 Å². The van der Waals surface area contributed by atoms with E-state index in [1.807, 2.05) is 12.1 Å². The van der Waals surface area contributed by atoms with Gasteiger partial charge < -0.3 is 4.42 Å². The van der Waals surface area contributed by atoms with E-state index < -0.39 is 5.63 Å². The molecular weight excluding hydrogens is 366 g/mol. The summed E-state index contributed by atoms with van der Waals surface area (Å²) in [5.74, 6) is 0. The molecule has 0 aliphatic carbocycles. The predicted octanol–water partition coefficient (Wildman–Crippen LogP) is 3.73. The Bertz CT molecular complexity index is 1170. The zero-order chi connectivity index (χ0) is 19.0. The third-order valence-corrected chi connectivity index (χ3v) is 4.51. The SMILES string of the molecule is CCCc1nn(-c2ccc3cc(-n4cc(Cl)cn4)c(=O)oc3c2)nc1CC. The Morgan fingerprint density at radius 1 is 1.15 bits per heavy atom. The largest absolute Gasteiger partial charge is 0.421 e. The number of benzene rings is 1. The van der Waals surface area contributed by atoms with E-state index in [0.717, 1.165) is 41.7 Å². The van der Waals surface area contributed by atoms with E-state index >= 15 is 0 Å². The maximum atomic E-state index is 12.4. The average Bonchev–Trinajstić information content (AvgIpc) is 3.27. The van der Waals surface area contributed by atoms with Gasteiger partial charge in [0.15, 0.2) is 5.69 Å². The summed E-state index contributed by atoms with van der Waals surface area (Å²) in [7, 11) is 0. The number of halogens is 1. The van der Waals surface area contributed by atoms with Gasteiger partial charge in [0, 0.05) is 17.6 Å². The number of aromatic nitrogens is 5. The smallest absolute Gasteiger partial charge is 0.362 e. The highest BCUT2D eigenvalue weighted by molar-refractivity contribution is 6.30. The Kier molecular flexibility index (Phi) is 4.53. The first-order valence-corrected chi connectivity index (χ1v) is 9.20. The van der Waals surface area contributed by atoms with Crippen LogP contribution in [0.1, 0.15) is 31.7 Å². The highest BCUT2D eigenvalue weighted by Gasteiger charge is 2.13. The predicted molar refractivity (Wildman–Crippen MR) is 103 cm³/mol. The quantitative estimate of drug-likeness (QED) is 0.490. The Labute approximate surface area is 160 Å².